The van der Waals surface area contributed by atoms with E-state index in [0.717, 1.165) is 5.75 Å². The second-order valence-corrected chi connectivity index (χ2v) is 5.73. The van der Waals surface area contributed by atoms with Crippen LogP contribution in [0.1, 0.15) is 6.92 Å². The Morgan fingerprint density at radius 1 is 1.56 bits per heavy atom. The lowest BCUT2D eigenvalue weighted by molar-refractivity contribution is 0.611. The molecule has 56 valence electrons. The minimum atomic E-state index is -3.24. The molecule has 0 heterocycles. The van der Waals surface area contributed by atoms with Crippen molar-refractivity contribution in [3.8, 4) is 0 Å². The maximum absolute atomic E-state index is 10.3. The quantitative estimate of drug-likeness (QED) is 0.493. The Morgan fingerprint density at radius 3 is 2.44 bits per heavy atom. The van der Waals surface area contributed by atoms with E-state index in [-0.39, 0.29) is 5.75 Å². The second-order valence-electron chi connectivity index (χ2n) is 1.44. The van der Waals surface area contributed by atoms with E-state index < -0.39 is 9.05 Å². The zero-order valence-electron chi connectivity index (χ0n) is 5.13. The van der Waals surface area contributed by atoms with Crippen molar-refractivity contribution < 1.29 is 8.42 Å². The zero-order valence-corrected chi connectivity index (χ0v) is 7.52. The van der Waals surface area contributed by atoms with Crippen LogP contribution in [0, 0.1) is 0 Å². The number of thioether (sulfide) groups is 1. The maximum Gasteiger partial charge on any atom is 0.233 e. The Bertz CT molecular complexity index is 152. The van der Waals surface area contributed by atoms with Gasteiger partial charge in [0, 0.05) is 16.4 Å². The van der Waals surface area contributed by atoms with Gasteiger partial charge in [0.1, 0.15) is 0 Å². The fourth-order valence-electron chi connectivity index (χ4n) is 0.303. The maximum atomic E-state index is 10.3. The van der Waals surface area contributed by atoms with Gasteiger partial charge in [0.25, 0.3) is 0 Å². The van der Waals surface area contributed by atoms with Crippen LogP contribution in [0.2, 0.25) is 0 Å². The fourth-order valence-corrected chi connectivity index (χ4v) is 2.43. The molecule has 0 aliphatic rings. The molecule has 0 bridgehead atoms. The molecule has 0 saturated heterocycles. The average Bonchev–Trinajstić information content (AvgIpc) is 1.63. The topological polar surface area (TPSA) is 34.1 Å². The van der Waals surface area contributed by atoms with Crippen molar-refractivity contribution in [3.05, 3.63) is 0 Å². The van der Waals surface area contributed by atoms with Gasteiger partial charge >= 0.3 is 0 Å². The molecule has 0 rings (SSSR count). The first kappa shape index (κ1) is 9.59. The Labute approximate surface area is 64.4 Å². The SMILES string of the molecule is CCSCCS(=O)(=O)Cl. The van der Waals surface area contributed by atoms with Crippen LogP contribution in [0.5, 0.6) is 0 Å². The Balaban J connectivity index is 3.30. The first-order valence-electron chi connectivity index (χ1n) is 2.56. The molecule has 0 aromatic rings. The molecule has 2 nitrogen and oxygen atoms in total. The third-order valence-electron chi connectivity index (χ3n) is 0.676. The minimum Gasteiger partial charge on any atom is -0.212 e. The molecule has 0 N–H and O–H groups in total. The minimum absolute atomic E-state index is 0.0765. The van der Waals surface area contributed by atoms with E-state index >= 15 is 0 Å². The van der Waals surface area contributed by atoms with Crippen molar-refractivity contribution in [3.63, 3.8) is 0 Å². The van der Waals surface area contributed by atoms with Gasteiger partial charge in [0.15, 0.2) is 0 Å². The predicted octanol–water partition coefficient (Wildman–Crippen LogP) is 1.31. The van der Waals surface area contributed by atoms with Gasteiger partial charge in [0.05, 0.1) is 5.75 Å². The van der Waals surface area contributed by atoms with Gasteiger partial charge in [-0.3, -0.25) is 0 Å². The lowest BCUT2D eigenvalue weighted by Crippen LogP contribution is -1.99. The number of hydrogen-bond acceptors (Lipinski definition) is 3. The Morgan fingerprint density at radius 2 is 2.11 bits per heavy atom. The van der Waals surface area contributed by atoms with E-state index in [2.05, 4.69) is 0 Å². The summed E-state index contributed by atoms with van der Waals surface area (Å²) in [6.45, 7) is 1.98. The van der Waals surface area contributed by atoms with Crippen molar-refractivity contribution in [2.45, 2.75) is 6.92 Å². The lowest BCUT2D eigenvalue weighted by atomic mass is 10.9. The summed E-state index contributed by atoms with van der Waals surface area (Å²) in [7, 11) is 1.68. The summed E-state index contributed by atoms with van der Waals surface area (Å²) in [6, 6.07) is 0. The molecule has 0 spiro atoms. The molecule has 0 atom stereocenters. The molecule has 0 aromatic heterocycles. The highest BCUT2D eigenvalue weighted by molar-refractivity contribution is 8.14. The molecule has 0 unspecified atom stereocenters. The first-order valence-corrected chi connectivity index (χ1v) is 6.19. The van der Waals surface area contributed by atoms with Gasteiger partial charge in [-0.15, -0.1) is 0 Å². The summed E-state index contributed by atoms with van der Waals surface area (Å²) in [6.07, 6.45) is 0. The van der Waals surface area contributed by atoms with Gasteiger partial charge in [-0.1, -0.05) is 6.92 Å². The Kier molecular flexibility index (Phi) is 4.70. The summed E-state index contributed by atoms with van der Waals surface area (Å²) in [5.74, 6) is 1.61. The van der Waals surface area contributed by atoms with Crippen molar-refractivity contribution in [2.75, 3.05) is 17.3 Å². The van der Waals surface area contributed by atoms with Crippen molar-refractivity contribution in [1.82, 2.24) is 0 Å². The fraction of sp³-hybridized carbons (Fsp3) is 1.00. The molecule has 5 heteroatoms. The van der Waals surface area contributed by atoms with Crippen LogP contribution in [0.3, 0.4) is 0 Å². The highest BCUT2D eigenvalue weighted by Gasteiger charge is 2.02. The van der Waals surface area contributed by atoms with Crippen LogP contribution in [0.25, 0.3) is 0 Å². The predicted molar refractivity (Wildman–Crippen MR) is 42.6 cm³/mol. The molecule has 0 aliphatic heterocycles. The zero-order chi connectivity index (χ0) is 7.33. The number of halogens is 1. The highest BCUT2D eigenvalue weighted by atomic mass is 35.7. The summed E-state index contributed by atoms with van der Waals surface area (Å²) in [5.41, 5.74) is 0. The first-order chi connectivity index (χ1) is 4.06. The van der Waals surface area contributed by atoms with Crippen LogP contribution in [-0.4, -0.2) is 25.7 Å². The third kappa shape index (κ3) is 8.59. The molecular weight excluding hydrogens is 180 g/mol. The smallest absolute Gasteiger partial charge is 0.212 e. The van der Waals surface area contributed by atoms with Crippen LogP contribution in [-0.2, 0) is 9.05 Å². The van der Waals surface area contributed by atoms with E-state index in [9.17, 15) is 8.42 Å². The van der Waals surface area contributed by atoms with Crippen molar-refractivity contribution in [1.29, 1.82) is 0 Å². The molecule has 0 aliphatic carbocycles. The average molecular weight is 189 g/mol. The van der Waals surface area contributed by atoms with Crippen LogP contribution in [0.4, 0.5) is 0 Å². The van der Waals surface area contributed by atoms with Gasteiger partial charge in [0.2, 0.25) is 9.05 Å². The molecule has 9 heavy (non-hydrogen) atoms. The second kappa shape index (κ2) is 4.41. The number of rotatable bonds is 4. The van der Waals surface area contributed by atoms with Gasteiger partial charge < -0.3 is 0 Å². The van der Waals surface area contributed by atoms with Crippen LogP contribution >= 0.6 is 22.4 Å². The summed E-state index contributed by atoms with van der Waals surface area (Å²) in [5, 5.41) is 0. The molecule has 0 fully saturated rings. The molecule has 0 saturated carbocycles. The monoisotopic (exact) mass is 188 g/mol. The Hall–Kier alpha value is 0.590. The summed E-state index contributed by atoms with van der Waals surface area (Å²) >= 11 is 1.57. The standard InChI is InChI=1S/C4H9ClO2S2/c1-2-8-3-4-9(5,6)7/h2-4H2,1H3. The van der Waals surface area contributed by atoms with E-state index in [1.54, 1.807) is 11.8 Å². The van der Waals surface area contributed by atoms with Crippen LogP contribution in [0.15, 0.2) is 0 Å². The van der Waals surface area contributed by atoms with Crippen LogP contribution < -0.4 is 0 Å². The van der Waals surface area contributed by atoms with E-state index in [1.165, 1.54) is 0 Å². The molecular formula is C4H9ClO2S2. The summed E-state index contributed by atoms with van der Waals surface area (Å²) in [4.78, 5) is 0. The molecule has 0 aromatic carbocycles. The molecule has 0 radical (unpaired) electrons. The van der Waals surface area contributed by atoms with E-state index in [4.69, 9.17) is 10.7 Å². The highest BCUT2D eigenvalue weighted by Crippen LogP contribution is 2.03. The third-order valence-corrected chi connectivity index (χ3v) is 2.99. The van der Waals surface area contributed by atoms with Crippen molar-refractivity contribution >= 4 is 31.5 Å². The largest absolute Gasteiger partial charge is 0.233 e. The van der Waals surface area contributed by atoms with Gasteiger partial charge in [-0.05, 0) is 5.75 Å². The summed E-state index contributed by atoms with van der Waals surface area (Å²) < 4.78 is 20.5. The van der Waals surface area contributed by atoms with E-state index in [0.29, 0.717) is 5.75 Å². The van der Waals surface area contributed by atoms with Crippen molar-refractivity contribution in [2.24, 2.45) is 0 Å². The van der Waals surface area contributed by atoms with E-state index in [1.807, 2.05) is 6.92 Å². The number of hydrogen-bond donors (Lipinski definition) is 0. The normalized spacial score (nSPS) is 11.8. The molecule has 0 amide bonds. The lowest BCUT2D eigenvalue weighted by Gasteiger charge is -1.92. The van der Waals surface area contributed by atoms with Gasteiger partial charge in [-0.2, -0.15) is 11.8 Å². The van der Waals surface area contributed by atoms with Gasteiger partial charge in [-0.25, -0.2) is 8.42 Å².